The molecular formula is C30H58O3S. The molecule has 0 spiro atoms. The van der Waals surface area contributed by atoms with Crippen LogP contribution < -0.4 is 0 Å². The molecule has 0 aromatic heterocycles. The molecule has 0 bridgehead atoms. The molecule has 202 valence electrons. The van der Waals surface area contributed by atoms with Crippen molar-refractivity contribution in [2.45, 2.75) is 168 Å². The lowest BCUT2D eigenvalue weighted by molar-refractivity contribution is -0.143. The van der Waals surface area contributed by atoms with Gasteiger partial charge in [-0.05, 0) is 25.1 Å². The molecule has 0 saturated heterocycles. The summed E-state index contributed by atoms with van der Waals surface area (Å²) in [6, 6.07) is 0. The molecule has 0 rings (SSSR count). The molecule has 0 fully saturated rings. The first kappa shape index (κ1) is 33.4. The molecular weight excluding hydrogens is 440 g/mol. The fourth-order valence-corrected chi connectivity index (χ4v) is 4.44. The lowest BCUT2D eigenvalue weighted by atomic mass is 10.1. The standard InChI is InChI=1S/C30H58O3S/c1-3-5-7-9-11-13-15-17-19-21-23-27-32-29(31)25-26-30(34)33-28-24-22-20-18-16-14-12-10-8-6-4-2/h3-28H2,1-2H3. The average molecular weight is 499 g/mol. The molecule has 0 amide bonds. The SMILES string of the molecule is CCCCCCCCCCCCCOC(=O)CCC(=S)OCCCCCCCCCCCCC. The number of esters is 1. The molecule has 0 saturated carbocycles. The zero-order chi connectivity index (χ0) is 25.0. The highest BCUT2D eigenvalue weighted by molar-refractivity contribution is 7.80. The highest BCUT2D eigenvalue weighted by Gasteiger charge is 2.06. The van der Waals surface area contributed by atoms with Crippen LogP contribution in [0.5, 0.6) is 0 Å². The molecule has 0 aliphatic carbocycles. The summed E-state index contributed by atoms with van der Waals surface area (Å²) in [4.78, 5) is 11.9. The van der Waals surface area contributed by atoms with Gasteiger partial charge in [0.1, 0.15) is 0 Å². The van der Waals surface area contributed by atoms with Crippen LogP contribution in [0, 0.1) is 0 Å². The van der Waals surface area contributed by atoms with Crippen molar-refractivity contribution in [3.63, 3.8) is 0 Å². The van der Waals surface area contributed by atoms with E-state index in [9.17, 15) is 4.79 Å². The Balaban J connectivity index is 3.29. The molecule has 3 nitrogen and oxygen atoms in total. The maximum Gasteiger partial charge on any atom is 0.306 e. The summed E-state index contributed by atoms with van der Waals surface area (Å²) in [5.41, 5.74) is 0. The van der Waals surface area contributed by atoms with Gasteiger partial charge in [0.25, 0.3) is 0 Å². The van der Waals surface area contributed by atoms with Crippen molar-refractivity contribution in [1.82, 2.24) is 0 Å². The highest BCUT2D eigenvalue weighted by Crippen LogP contribution is 2.13. The first-order valence-electron chi connectivity index (χ1n) is 15.0. The summed E-state index contributed by atoms with van der Waals surface area (Å²) in [6.07, 6.45) is 29.8. The molecule has 0 heterocycles. The Hall–Kier alpha value is -0.640. The minimum absolute atomic E-state index is 0.146. The number of carbonyl (C=O) groups is 1. The number of thiocarbonyl (C=S) groups is 1. The second-order valence-electron chi connectivity index (χ2n) is 10.0. The number of unbranched alkanes of at least 4 members (excludes halogenated alkanes) is 20. The Morgan fingerprint density at radius 3 is 1.18 bits per heavy atom. The summed E-state index contributed by atoms with van der Waals surface area (Å²) in [5.74, 6) is -0.146. The molecule has 34 heavy (non-hydrogen) atoms. The van der Waals surface area contributed by atoms with E-state index < -0.39 is 0 Å². The summed E-state index contributed by atoms with van der Waals surface area (Å²) in [5, 5.41) is 0.554. The van der Waals surface area contributed by atoms with Gasteiger partial charge in [-0.3, -0.25) is 4.79 Å². The predicted molar refractivity (Wildman–Crippen MR) is 152 cm³/mol. The van der Waals surface area contributed by atoms with Crippen LogP contribution in [-0.4, -0.2) is 24.2 Å². The van der Waals surface area contributed by atoms with Crippen LogP contribution >= 0.6 is 12.2 Å². The fraction of sp³-hybridized carbons (Fsp3) is 0.933. The number of hydrogen-bond acceptors (Lipinski definition) is 4. The van der Waals surface area contributed by atoms with Crippen LogP contribution in [0.4, 0.5) is 0 Å². The van der Waals surface area contributed by atoms with Gasteiger partial charge in [-0.25, -0.2) is 0 Å². The van der Waals surface area contributed by atoms with Gasteiger partial charge in [0.2, 0.25) is 0 Å². The zero-order valence-electron chi connectivity index (χ0n) is 23.0. The maximum absolute atomic E-state index is 11.9. The number of rotatable bonds is 27. The summed E-state index contributed by atoms with van der Waals surface area (Å²) >= 11 is 5.26. The zero-order valence-corrected chi connectivity index (χ0v) is 23.8. The van der Waals surface area contributed by atoms with E-state index in [1.165, 1.54) is 122 Å². The number of ether oxygens (including phenoxy) is 2. The molecule has 0 aromatic rings. The first-order chi connectivity index (χ1) is 16.7. The Morgan fingerprint density at radius 1 is 0.471 bits per heavy atom. The van der Waals surface area contributed by atoms with Crippen LogP contribution in [0.15, 0.2) is 0 Å². The minimum Gasteiger partial charge on any atom is -0.487 e. The van der Waals surface area contributed by atoms with E-state index >= 15 is 0 Å². The molecule has 0 unspecified atom stereocenters. The Labute approximate surface area is 218 Å². The summed E-state index contributed by atoms with van der Waals surface area (Å²) in [6.45, 7) is 5.76. The van der Waals surface area contributed by atoms with Gasteiger partial charge in [0.15, 0.2) is 5.05 Å². The first-order valence-corrected chi connectivity index (χ1v) is 15.4. The van der Waals surface area contributed by atoms with Crippen molar-refractivity contribution in [1.29, 1.82) is 0 Å². The van der Waals surface area contributed by atoms with Gasteiger partial charge in [-0.2, -0.15) is 0 Å². The van der Waals surface area contributed by atoms with Crippen molar-refractivity contribution < 1.29 is 14.3 Å². The summed E-state index contributed by atoms with van der Waals surface area (Å²) in [7, 11) is 0. The Bertz CT molecular complexity index is 399. The van der Waals surface area contributed by atoms with Crippen molar-refractivity contribution in [2.75, 3.05) is 13.2 Å². The van der Waals surface area contributed by atoms with Crippen LogP contribution in [0.2, 0.25) is 0 Å². The minimum atomic E-state index is -0.146. The molecule has 0 aromatic carbocycles. The lowest BCUT2D eigenvalue weighted by Gasteiger charge is -2.08. The average Bonchev–Trinajstić information content (AvgIpc) is 2.84. The van der Waals surface area contributed by atoms with Crippen LogP contribution in [-0.2, 0) is 14.3 Å². The highest BCUT2D eigenvalue weighted by atomic mass is 32.1. The van der Waals surface area contributed by atoms with Gasteiger partial charge < -0.3 is 9.47 Å². The number of hydrogen-bond donors (Lipinski definition) is 0. The van der Waals surface area contributed by atoms with E-state index in [1.807, 2.05) is 0 Å². The smallest absolute Gasteiger partial charge is 0.306 e. The van der Waals surface area contributed by atoms with E-state index in [0.717, 1.165) is 19.3 Å². The molecule has 4 heteroatoms. The van der Waals surface area contributed by atoms with Crippen LogP contribution in [0.25, 0.3) is 0 Å². The molecule has 0 aliphatic rings. The second-order valence-corrected chi connectivity index (χ2v) is 10.5. The van der Waals surface area contributed by atoms with E-state index in [0.29, 0.717) is 31.1 Å². The third-order valence-electron chi connectivity index (χ3n) is 6.56. The normalized spacial score (nSPS) is 11.0. The van der Waals surface area contributed by atoms with E-state index in [1.54, 1.807) is 0 Å². The third-order valence-corrected chi connectivity index (χ3v) is 6.88. The van der Waals surface area contributed by atoms with Crippen molar-refractivity contribution in [3.8, 4) is 0 Å². The third kappa shape index (κ3) is 27.6. The summed E-state index contributed by atoms with van der Waals surface area (Å²) < 4.78 is 11.0. The Kier molecular flexibility index (Phi) is 28.1. The van der Waals surface area contributed by atoms with Gasteiger partial charge >= 0.3 is 5.97 Å². The predicted octanol–water partition coefficient (Wildman–Crippen LogP) is 10.3. The maximum atomic E-state index is 11.9. The van der Waals surface area contributed by atoms with Crippen molar-refractivity contribution in [2.24, 2.45) is 0 Å². The molecule has 0 N–H and O–H groups in total. The number of carbonyl (C=O) groups excluding carboxylic acids is 1. The van der Waals surface area contributed by atoms with Gasteiger partial charge in [0.05, 0.1) is 19.6 Å². The quantitative estimate of drug-likeness (QED) is 0.0641. The van der Waals surface area contributed by atoms with Gasteiger partial charge in [0, 0.05) is 6.42 Å². The Morgan fingerprint density at radius 2 is 0.794 bits per heavy atom. The van der Waals surface area contributed by atoms with Crippen molar-refractivity contribution in [3.05, 3.63) is 0 Å². The lowest BCUT2D eigenvalue weighted by Crippen LogP contribution is -2.10. The van der Waals surface area contributed by atoms with Crippen molar-refractivity contribution >= 4 is 23.2 Å². The van der Waals surface area contributed by atoms with Crippen LogP contribution in [0.3, 0.4) is 0 Å². The molecule has 0 atom stereocenters. The fourth-order valence-electron chi connectivity index (χ4n) is 4.25. The van der Waals surface area contributed by atoms with Crippen LogP contribution in [0.1, 0.15) is 168 Å². The molecule has 0 aliphatic heterocycles. The second kappa shape index (κ2) is 28.6. The monoisotopic (exact) mass is 498 g/mol. The van der Waals surface area contributed by atoms with E-state index in [4.69, 9.17) is 21.7 Å². The largest absolute Gasteiger partial charge is 0.487 e. The van der Waals surface area contributed by atoms with E-state index in [2.05, 4.69) is 13.8 Å². The van der Waals surface area contributed by atoms with Gasteiger partial charge in [-0.15, -0.1) is 0 Å². The molecule has 0 radical (unpaired) electrons. The van der Waals surface area contributed by atoms with E-state index in [-0.39, 0.29) is 5.97 Å². The topological polar surface area (TPSA) is 35.5 Å². The van der Waals surface area contributed by atoms with Gasteiger partial charge in [-0.1, -0.05) is 142 Å².